The lowest BCUT2D eigenvalue weighted by Gasteiger charge is -2.35. The summed E-state index contributed by atoms with van der Waals surface area (Å²) < 4.78 is 0. The molecule has 1 atom stereocenters. The van der Waals surface area contributed by atoms with Crippen molar-refractivity contribution in [3.63, 3.8) is 0 Å². The first-order chi connectivity index (χ1) is 12.5. The Morgan fingerprint density at radius 2 is 1.96 bits per heavy atom. The average molecular weight is 360 g/mol. The quantitative estimate of drug-likeness (QED) is 0.631. The van der Waals surface area contributed by atoms with Crippen molar-refractivity contribution in [2.75, 3.05) is 12.0 Å². The number of para-hydroxylation sites is 1. The number of nitrogens with zero attached hydrogens (tertiary/aromatic N) is 1. The Morgan fingerprint density at radius 1 is 1.27 bits per heavy atom. The monoisotopic (exact) mass is 360 g/mol. The molecule has 2 aliphatic rings. The van der Waals surface area contributed by atoms with Crippen LogP contribution in [-0.2, 0) is 9.59 Å². The van der Waals surface area contributed by atoms with Crippen molar-refractivity contribution in [1.29, 1.82) is 0 Å². The smallest absolute Gasteiger partial charge is 0.325 e. The van der Waals surface area contributed by atoms with Gasteiger partial charge in [-0.3, -0.25) is 19.4 Å². The number of carboxylic acid groups (broad SMARTS) is 1. The zero-order valence-electron chi connectivity index (χ0n) is 14.7. The number of fused-ring (bicyclic) bond motifs is 1. The van der Waals surface area contributed by atoms with Crippen molar-refractivity contribution in [1.82, 2.24) is 15.9 Å². The van der Waals surface area contributed by atoms with E-state index in [-0.39, 0.29) is 17.7 Å². The zero-order valence-corrected chi connectivity index (χ0v) is 14.7. The average Bonchev–Trinajstić information content (AvgIpc) is 2.64. The number of aliphatic carboxylic acids is 1. The summed E-state index contributed by atoms with van der Waals surface area (Å²) in [5.41, 5.74) is 7.37. The van der Waals surface area contributed by atoms with E-state index in [1.54, 1.807) is 11.1 Å². The number of hydrogen-bond donors (Lipinski definition) is 4. The lowest BCUT2D eigenvalue weighted by atomic mass is 9.81. The number of carbonyl (C=O) groups is 3. The second-order valence-electron chi connectivity index (χ2n) is 6.98. The highest BCUT2D eigenvalue weighted by Crippen LogP contribution is 2.30. The molecule has 1 unspecified atom stereocenters. The van der Waals surface area contributed by atoms with Crippen molar-refractivity contribution >= 4 is 23.5 Å². The highest BCUT2D eigenvalue weighted by molar-refractivity contribution is 6.00. The van der Waals surface area contributed by atoms with E-state index >= 15 is 0 Å². The maximum absolute atomic E-state index is 12.6. The third kappa shape index (κ3) is 3.96. The lowest BCUT2D eigenvalue weighted by molar-refractivity contribution is -0.142. The van der Waals surface area contributed by atoms with Gasteiger partial charge in [0.05, 0.1) is 11.3 Å². The van der Waals surface area contributed by atoms with E-state index in [4.69, 9.17) is 5.11 Å². The van der Waals surface area contributed by atoms with Crippen molar-refractivity contribution in [3.05, 3.63) is 29.8 Å². The molecular weight excluding hydrogens is 336 g/mol. The number of carboxylic acids is 1. The highest BCUT2D eigenvalue weighted by Gasteiger charge is 2.31. The molecule has 0 saturated heterocycles. The number of hydrogen-bond acceptors (Lipinski definition) is 5. The summed E-state index contributed by atoms with van der Waals surface area (Å²) in [6.07, 6.45) is 3.06. The Kier molecular flexibility index (Phi) is 5.41. The zero-order chi connectivity index (χ0) is 18.7. The third-order valence-electron chi connectivity index (χ3n) is 5.12. The van der Waals surface area contributed by atoms with Gasteiger partial charge < -0.3 is 15.8 Å². The Bertz CT molecular complexity index is 700. The molecule has 1 heterocycles. The summed E-state index contributed by atoms with van der Waals surface area (Å²) in [6.45, 7) is 2.03. The summed E-state index contributed by atoms with van der Waals surface area (Å²) in [5, 5.41) is 13.0. The standard InChI is InChI=1S/C18H24N4O4/c1-11(18(25)26)19-16(23)13-8-6-12(7-9-13)10-22-17(24)14-4-2-3-5-15(14)20-21-22/h2-5,11-13,20-21H,6-10H2,1H3,(H,19,23)(H,25,26). The predicted octanol–water partition coefficient (Wildman–Crippen LogP) is 1.37. The van der Waals surface area contributed by atoms with Crippen LogP contribution in [0.3, 0.4) is 0 Å². The fourth-order valence-electron chi connectivity index (χ4n) is 3.49. The van der Waals surface area contributed by atoms with Gasteiger partial charge in [-0.15, -0.1) is 5.53 Å². The molecule has 0 aromatic heterocycles. The molecule has 4 N–H and O–H groups in total. The first kappa shape index (κ1) is 18.2. The molecule has 26 heavy (non-hydrogen) atoms. The second-order valence-corrected chi connectivity index (χ2v) is 6.98. The number of amides is 2. The van der Waals surface area contributed by atoms with Gasteiger partial charge in [-0.05, 0) is 50.7 Å². The molecule has 2 amide bonds. The van der Waals surface area contributed by atoms with Crippen LogP contribution in [0, 0.1) is 11.8 Å². The number of rotatable bonds is 5. The molecule has 140 valence electrons. The number of hydrazine groups is 2. The van der Waals surface area contributed by atoms with Crippen LogP contribution in [0.2, 0.25) is 0 Å². The van der Waals surface area contributed by atoms with Crippen LogP contribution < -0.4 is 16.3 Å². The summed E-state index contributed by atoms with van der Waals surface area (Å²) in [5.74, 6) is -1.14. The summed E-state index contributed by atoms with van der Waals surface area (Å²) >= 11 is 0. The summed E-state index contributed by atoms with van der Waals surface area (Å²) in [7, 11) is 0. The van der Waals surface area contributed by atoms with Crippen molar-refractivity contribution in [2.24, 2.45) is 11.8 Å². The van der Waals surface area contributed by atoms with Gasteiger partial charge in [0, 0.05) is 12.5 Å². The molecule has 1 aliphatic heterocycles. The fraction of sp³-hybridized carbons (Fsp3) is 0.500. The normalized spacial score (nSPS) is 23.6. The molecule has 1 aromatic carbocycles. The van der Waals surface area contributed by atoms with E-state index < -0.39 is 12.0 Å². The van der Waals surface area contributed by atoms with Gasteiger partial charge in [0.2, 0.25) is 5.91 Å². The van der Waals surface area contributed by atoms with Gasteiger partial charge in [0.15, 0.2) is 0 Å². The van der Waals surface area contributed by atoms with Gasteiger partial charge in [0.25, 0.3) is 5.91 Å². The topological polar surface area (TPSA) is 111 Å². The van der Waals surface area contributed by atoms with E-state index in [0.717, 1.165) is 18.5 Å². The molecule has 0 spiro atoms. The maximum atomic E-state index is 12.6. The molecule has 8 nitrogen and oxygen atoms in total. The Labute approximate surface area is 151 Å². The Hall–Kier alpha value is -2.61. The fourth-order valence-corrected chi connectivity index (χ4v) is 3.49. The van der Waals surface area contributed by atoms with Gasteiger partial charge in [0.1, 0.15) is 6.04 Å². The molecule has 1 fully saturated rings. The highest BCUT2D eigenvalue weighted by atomic mass is 16.4. The molecule has 0 radical (unpaired) electrons. The molecule has 1 saturated carbocycles. The predicted molar refractivity (Wildman–Crippen MR) is 94.9 cm³/mol. The number of nitrogens with one attached hydrogen (secondary N) is 3. The first-order valence-corrected chi connectivity index (χ1v) is 8.91. The van der Waals surface area contributed by atoms with E-state index in [2.05, 4.69) is 16.3 Å². The van der Waals surface area contributed by atoms with Crippen LogP contribution in [0.25, 0.3) is 0 Å². The number of benzene rings is 1. The van der Waals surface area contributed by atoms with E-state index in [1.807, 2.05) is 18.2 Å². The summed E-state index contributed by atoms with van der Waals surface area (Å²) in [4.78, 5) is 35.5. The Morgan fingerprint density at radius 3 is 2.65 bits per heavy atom. The van der Waals surface area contributed by atoms with Crippen LogP contribution in [-0.4, -0.2) is 40.5 Å². The largest absolute Gasteiger partial charge is 0.480 e. The summed E-state index contributed by atoms with van der Waals surface area (Å²) in [6, 6.07) is 6.47. The number of anilines is 1. The molecule has 1 aromatic rings. The van der Waals surface area contributed by atoms with Crippen LogP contribution in [0.1, 0.15) is 43.0 Å². The Balaban J connectivity index is 1.50. The second kappa shape index (κ2) is 7.74. The van der Waals surface area contributed by atoms with Crippen molar-refractivity contribution in [2.45, 2.75) is 38.6 Å². The minimum absolute atomic E-state index is 0.0606. The molecule has 3 rings (SSSR count). The van der Waals surface area contributed by atoms with E-state index in [1.165, 1.54) is 6.92 Å². The van der Waals surface area contributed by atoms with Crippen molar-refractivity contribution in [3.8, 4) is 0 Å². The minimum atomic E-state index is -1.03. The van der Waals surface area contributed by atoms with Gasteiger partial charge >= 0.3 is 5.97 Å². The van der Waals surface area contributed by atoms with E-state index in [9.17, 15) is 14.4 Å². The van der Waals surface area contributed by atoms with E-state index in [0.29, 0.717) is 30.9 Å². The van der Waals surface area contributed by atoms with Crippen molar-refractivity contribution < 1.29 is 19.5 Å². The number of carbonyl (C=O) groups excluding carboxylic acids is 2. The first-order valence-electron chi connectivity index (χ1n) is 8.91. The maximum Gasteiger partial charge on any atom is 0.325 e. The van der Waals surface area contributed by atoms with Crippen LogP contribution in [0.15, 0.2) is 24.3 Å². The van der Waals surface area contributed by atoms with Gasteiger partial charge in [-0.2, -0.15) is 0 Å². The van der Waals surface area contributed by atoms with Crippen LogP contribution in [0.4, 0.5) is 5.69 Å². The molecule has 8 heteroatoms. The molecule has 0 bridgehead atoms. The van der Waals surface area contributed by atoms with Gasteiger partial charge in [-0.25, -0.2) is 0 Å². The van der Waals surface area contributed by atoms with Gasteiger partial charge in [-0.1, -0.05) is 12.1 Å². The minimum Gasteiger partial charge on any atom is -0.480 e. The SMILES string of the molecule is CC(NC(=O)C1CCC(CN2NNc3ccccc3C2=O)CC1)C(=O)O. The van der Waals surface area contributed by atoms with Crippen LogP contribution in [0.5, 0.6) is 0 Å². The lowest BCUT2D eigenvalue weighted by Crippen LogP contribution is -2.52. The van der Waals surface area contributed by atoms with Crippen LogP contribution >= 0.6 is 0 Å². The molecule has 1 aliphatic carbocycles. The third-order valence-corrected chi connectivity index (χ3v) is 5.12. The molecular formula is C18H24N4O4.